The number of rotatable bonds is 4. The van der Waals surface area contributed by atoms with Crippen molar-refractivity contribution in [3.63, 3.8) is 0 Å². The van der Waals surface area contributed by atoms with E-state index in [4.69, 9.17) is 10.5 Å². The van der Waals surface area contributed by atoms with E-state index in [1.807, 2.05) is 0 Å². The molecule has 78 valence electrons. The first-order chi connectivity index (χ1) is 6.15. The molecule has 1 heterocycles. The summed E-state index contributed by atoms with van der Waals surface area (Å²) in [5.74, 6) is 0.597. The molecule has 0 aliphatic carbocycles. The molecule has 4 atom stereocenters. The van der Waals surface area contributed by atoms with Crippen LogP contribution in [0.1, 0.15) is 46.5 Å². The molecule has 4 unspecified atom stereocenters. The van der Waals surface area contributed by atoms with E-state index >= 15 is 0 Å². The van der Waals surface area contributed by atoms with Gasteiger partial charge >= 0.3 is 0 Å². The highest BCUT2D eigenvalue weighted by Gasteiger charge is 2.29. The zero-order chi connectivity index (χ0) is 9.84. The topological polar surface area (TPSA) is 35.2 Å². The van der Waals surface area contributed by atoms with Crippen LogP contribution in [0.25, 0.3) is 0 Å². The number of hydrogen-bond donors (Lipinski definition) is 1. The quantitative estimate of drug-likeness (QED) is 0.729. The lowest BCUT2D eigenvalue weighted by Crippen LogP contribution is -2.40. The summed E-state index contributed by atoms with van der Waals surface area (Å²) >= 11 is 0. The first-order valence-electron chi connectivity index (χ1n) is 5.56. The van der Waals surface area contributed by atoms with Crippen LogP contribution in [0.3, 0.4) is 0 Å². The van der Waals surface area contributed by atoms with Crippen molar-refractivity contribution in [2.75, 3.05) is 0 Å². The molecule has 0 bridgehead atoms. The Hall–Kier alpha value is -0.0800. The fourth-order valence-electron chi connectivity index (χ4n) is 2.13. The van der Waals surface area contributed by atoms with E-state index in [1.54, 1.807) is 0 Å². The Labute approximate surface area is 81.8 Å². The van der Waals surface area contributed by atoms with Crippen molar-refractivity contribution in [2.24, 2.45) is 11.7 Å². The summed E-state index contributed by atoms with van der Waals surface area (Å²) < 4.78 is 5.77. The lowest BCUT2D eigenvalue weighted by molar-refractivity contribution is 0.0283. The Kier molecular flexibility index (Phi) is 4.20. The van der Waals surface area contributed by atoms with E-state index < -0.39 is 0 Å². The third kappa shape index (κ3) is 2.96. The zero-order valence-corrected chi connectivity index (χ0v) is 9.12. The molecule has 1 rings (SSSR count). The van der Waals surface area contributed by atoms with Crippen molar-refractivity contribution < 1.29 is 4.74 Å². The maximum absolute atomic E-state index is 6.15. The third-order valence-corrected chi connectivity index (χ3v) is 3.10. The molecule has 2 heteroatoms. The van der Waals surface area contributed by atoms with E-state index in [0.29, 0.717) is 18.1 Å². The van der Waals surface area contributed by atoms with Crippen molar-refractivity contribution in [1.29, 1.82) is 0 Å². The SMILES string of the molecule is CCCC(C)C(N)C1CCC(C)O1. The summed E-state index contributed by atoms with van der Waals surface area (Å²) in [4.78, 5) is 0. The van der Waals surface area contributed by atoms with Gasteiger partial charge in [0.15, 0.2) is 0 Å². The maximum atomic E-state index is 6.15. The Balaban J connectivity index is 2.33. The highest BCUT2D eigenvalue weighted by atomic mass is 16.5. The van der Waals surface area contributed by atoms with Crippen LogP contribution in [0, 0.1) is 5.92 Å². The van der Waals surface area contributed by atoms with Crippen molar-refractivity contribution in [3.05, 3.63) is 0 Å². The van der Waals surface area contributed by atoms with Crippen LogP contribution in [0.5, 0.6) is 0 Å². The second-order valence-corrected chi connectivity index (χ2v) is 4.41. The van der Waals surface area contributed by atoms with Gasteiger partial charge in [-0.25, -0.2) is 0 Å². The smallest absolute Gasteiger partial charge is 0.0733 e. The molecule has 0 amide bonds. The van der Waals surface area contributed by atoms with Crippen LogP contribution in [0.15, 0.2) is 0 Å². The zero-order valence-electron chi connectivity index (χ0n) is 9.12. The van der Waals surface area contributed by atoms with Gasteiger partial charge in [-0.2, -0.15) is 0 Å². The summed E-state index contributed by atoms with van der Waals surface area (Å²) in [7, 11) is 0. The van der Waals surface area contributed by atoms with Crippen LogP contribution in [0.2, 0.25) is 0 Å². The van der Waals surface area contributed by atoms with Gasteiger partial charge in [0, 0.05) is 6.04 Å². The van der Waals surface area contributed by atoms with Crippen molar-refractivity contribution in [2.45, 2.75) is 64.7 Å². The standard InChI is InChI=1S/C11H23NO/c1-4-5-8(2)11(12)10-7-6-9(3)13-10/h8-11H,4-7,12H2,1-3H3. The maximum Gasteiger partial charge on any atom is 0.0733 e. The van der Waals surface area contributed by atoms with E-state index in [0.717, 1.165) is 6.42 Å². The lowest BCUT2D eigenvalue weighted by Gasteiger charge is -2.25. The molecule has 0 aromatic heterocycles. The monoisotopic (exact) mass is 185 g/mol. The first kappa shape index (κ1) is 11.0. The van der Waals surface area contributed by atoms with Gasteiger partial charge in [0.05, 0.1) is 12.2 Å². The molecule has 13 heavy (non-hydrogen) atoms. The van der Waals surface area contributed by atoms with Gasteiger partial charge in [0.1, 0.15) is 0 Å². The largest absolute Gasteiger partial charge is 0.374 e. The fraction of sp³-hybridized carbons (Fsp3) is 1.00. The average molecular weight is 185 g/mol. The highest BCUT2D eigenvalue weighted by molar-refractivity contribution is 4.83. The minimum Gasteiger partial charge on any atom is -0.374 e. The molecule has 0 aromatic carbocycles. The summed E-state index contributed by atoms with van der Waals surface area (Å²) in [6, 6.07) is 0.241. The van der Waals surface area contributed by atoms with Gasteiger partial charge in [-0.3, -0.25) is 0 Å². The van der Waals surface area contributed by atoms with Crippen molar-refractivity contribution in [1.82, 2.24) is 0 Å². The van der Waals surface area contributed by atoms with Crippen molar-refractivity contribution in [3.8, 4) is 0 Å². The summed E-state index contributed by atoms with van der Waals surface area (Å²) in [5, 5.41) is 0. The van der Waals surface area contributed by atoms with Gasteiger partial charge < -0.3 is 10.5 Å². The van der Waals surface area contributed by atoms with E-state index in [1.165, 1.54) is 19.3 Å². The van der Waals surface area contributed by atoms with E-state index in [-0.39, 0.29) is 6.04 Å². The first-order valence-corrected chi connectivity index (χ1v) is 5.56. The third-order valence-electron chi connectivity index (χ3n) is 3.10. The molecule has 2 N–H and O–H groups in total. The molecular weight excluding hydrogens is 162 g/mol. The molecule has 0 saturated carbocycles. The van der Waals surface area contributed by atoms with Crippen LogP contribution in [-0.4, -0.2) is 18.2 Å². The van der Waals surface area contributed by atoms with Crippen LogP contribution < -0.4 is 5.73 Å². The van der Waals surface area contributed by atoms with Crippen LogP contribution in [0.4, 0.5) is 0 Å². The van der Waals surface area contributed by atoms with Gasteiger partial charge in [0.25, 0.3) is 0 Å². The van der Waals surface area contributed by atoms with Gasteiger partial charge in [0.2, 0.25) is 0 Å². The highest BCUT2D eigenvalue weighted by Crippen LogP contribution is 2.25. The Bertz CT molecular complexity index is 149. The summed E-state index contributed by atoms with van der Waals surface area (Å²) in [6.45, 7) is 6.58. The Morgan fingerprint density at radius 2 is 2.15 bits per heavy atom. The predicted molar refractivity (Wildman–Crippen MR) is 55.6 cm³/mol. The lowest BCUT2D eigenvalue weighted by atomic mass is 9.92. The van der Waals surface area contributed by atoms with Gasteiger partial charge in [-0.05, 0) is 32.1 Å². The molecule has 1 saturated heterocycles. The summed E-state index contributed by atoms with van der Waals surface area (Å²) in [5.41, 5.74) is 6.15. The molecule has 2 nitrogen and oxygen atoms in total. The fourth-order valence-corrected chi connectivity index (χ4v) is 2.13. The molecule has 0 radical (unpaired) electrons. The minimum absolute atomic E-state index is 0.241. The van der Waals surface area contributed by atoms with E-state index in [9.17, 15) is 0 Å². The molecule has 1 aliphatic heterocycles. The van der Waals surface area contributed by atoms with Crippen LogP contribution >= 0.6 is 0 Å². The molecular formula is C11H23NO. The summed E-state index contributed by atoms with van der Waals surface area (Å²) in [6.07, 6.45) is 5.50. The number of nitrogens with two attached hydrogens (primary N) is 1. The molecule has 0 aromatic rings. The number of ether oxygens (including phenoxy) is 1. The minimum atomic E-state index is 0.241. The predicted octanol–water partition coefficient (Wildman–Crippen LogP) is 2.32. The van der Waals surface area contributed by atoms with E-state index in [2.05, 4.69) is 20.8 Å². The molecule has 1 aliphatic rings. The second-order valence-electron chi connectivity index (χ2n) is 4.41. The Morgan fingerprint density at radius 3 is 2.62 bits per heavy atom. The molecule has 1 fully saturated rings. The van der Waals surface area contributed by atoms with Gasteiger partial charge in [-0.15, -0.1) is 0 Å². The normalized spacial score (nSPS) is 33.2. The van der Waals surface area contributed by atoms with Crippen LogP contribution in [-0.2, 0) is 4.74 Å². The second kappa shape index (κ2) is 4.97. The molecule has 0 spiro atoms. The average Bonchev–Trinajstić information content (AvgIpc) is 2.51. The Morgan fingerprint density at radius 1 is 1.46 bits per heavy atom. The van der Waals surface area contributed by atoms with Crippen molar-refractivity contribution >= 4 is 0 Å². The number of hydrogen-bond acceptors (Lipinski definition) is 2. The van der Waals surface area contributed by atoms with Gasteiger partial charge in [-0.1, -0.05) is 20.3 Å².